The molecule has 43 heteroatoms. The van der Waals surface area contributed by atoms with E-state index < -0.39 is 255 Å². The Balaban J connectivity index is 1.14. The number of phenols is 1. The zero-order valence-corrected chi connectivity index (χ0v) is 70.9. The van der Waals surface area contributed by atoms with E-state index in [1.807, 2.05) is 0 Å². The number of aromatic hydroxyl groups is 1. The number of phenolic OH excluding ortho intramolecular Hbond substituents is 1. The molecule has 678 valence electrons. The van der Waals surface area contributed by atoms with Gasteiger partial charge in [0.2, 0.25) is 100 Å². The van der Waals surface area contributed by atoms with Crippen LogP contribution in [0.25, 0.3) is 21.8 Å². The number of H-pyrrole nitrogens is 2. The molecular weight excluding hydrogens is 1650 g/mol. The highest BCUT2D eigenvalue weighted by Crippen LogP contribution is 2.27. The van der Waals surface area contributed by atoms with Gasteiger partial charge in [-0.1, -0.05) is 68.3 Å². The van der Waals surface area contributed by atoms with Gasteiger partial charge in [0.1, 0.15) is 90.3 Å². The molecule has 3 aliphatic rings. The summed E-state index contributed by atoms with van der Waals surface area (Å²) in [5, 5.41) is 78.2. The van der Waals surface area contributed by atoms with Crippen LogP contribution in [-0.4, -0.2) is 323 Å². The van der Waals surface area contributed by atoms with Crippen molar-refractivity contribution in [2.45, 2.75) is 195 Å². The van der Waals surface area contributed by atoms with E-state index in [9.17, 15) is 102 Å². The van der Waals surface area contributed by atoms with Crippen molar-refractivity contribution < 1.29 is 112 Å². The highest BCUT2D eigenvalue weighted by molar-refractivity contribution is 8.00. The van der Waals surface area contributed by atoms with Crippen LogP contribution in [0.5, 0.6) is 5.75 Å². The summed E-state index contributed by atoms with van der Waals surface area (Å²) < 4.78 is 0. The van der Waals surface area contributed by atoms with Crippen molar-refractivity contribution in [3.63, 3.8) is 0 Å². The highest BCUT2D eigenvalue weighted by Gasteiger charge is 2.45. The Bertz CT molecular complexity index is 4780. The van der Waals surface area contributed by atoms with Gasteiger partial charge in [0.05, 0.1) is 31.9 Å². The normalized spacial score (nSPS) is 25.2. The quantitative estimate of drug-likeness (QED) is 0.0327. The summed E-state index contributed by atoms with van der Waals surface area (Å²) in [6.45, 7) is 0.303. The summed E-state index contributed by atoms with van der Waals surface area (Å²) >= 11 is 0.695. The van der Waals surface area contributed by atoms with E-state index in [4.69, 9.17) is 11.5 Å². The lowest BCUT2D eigenvalue weighted by atomic mass is 10.0. The van der Waals surface area contributed by atoms with Crippen LogP contribution in [0.2, 0.25) is 0 Å². The van der Waals surface area contributed by atoms with Crippen molar-refractivity contribution in [1.82, 2.24) is 87.6 Å². The van der Waals surface area contributed by atoms with Gasteiger partial charge in [-0.2, -0.15) is 0 Å². The van der Waals surface area contributed by atoms with Crippen LogP contribution in [0.4, 0.5) is 0 Å². The first-order chi connectivity index (χ1) is 59.5. The van der Waals surface area contributed by atoms with E-state index in [-0.39, 0.29) is 76.6 Å². The lowest BCUT2D eigenvalue weighted by Crippen LogP contribution is -2.61. The number of unbranched alkanes of at least 4 members (excludes halogenated alkanes) is 1. The van der Waals surface area contributed by atoms with Crippen LogP contribution in [-0.2, 0) is 106 Å². The number of nitrogens with two attached hydrogens (primary N) is 2. The number of para-hydroxylation sites is 2. The third-order valence-electron chi connectivity index (χ3n) is 22.2. The minimum Gasteiger partial charge on any atom is -0.508 e. The summed E-state index contributed by atoms with van der Waals surface area (Å²) in [6.07, 6.45) is 0.411. The van der Waals surface area contributed by atoms with E-state index in [1.165, 1.54) is 59.3 Å². The molecule has 3 aliphatic heterocycles. The maximum absolute atomic E-state index is 15.1. The van der Waals surface area contributed by atoms with Crippen LogP contribution >= 0.6 is 11.8 Å². The summed E-state index contributed by atoms with van der Waals surface area (Å²) in [6, 6.07) is -3.43. The predicted octanol–water partition coefficient (Wildman–Crippen LogP) is -5.11. The second-order valence-electron chi connectivity index (χ2n) is 31.0. The molecule has 8 rings (SSSR count). The molecule has 125 heavy (non-hydrogen) atoms. The second kappa shape index (κ2) is 46.1. The number of hydrogen-bond donors (Lipinski definition) is 19. The topological polar surface area (TPSA) is 629 Å². The number of hydrogen-bond acceptors (Lipinski definition) is 23. The SMILES string of the molecule is CCCC[C@H]1C(=O)N[C@@H](CC(N)=O)C(=O)N2CCC[C@H]2C(=O)N[C@@H](CO)C(=O)N[C@@H](CCO)C(=O)N2CCC[C@H]2C(=O)N[C@@H](Cc2c[nH]c3ccccc23)C(=O)N[C@@H](CO)C(=O)N[C@@H](Cc2c[nH]c3ccccc23)C(=O)N(C)[C@@H](C)C(=O)N(C)[C@@H](C)C(=O)N[C@@H](CCC(=O)O)C(=O)NC(C(=O)NCC(N)=O)CSCC(=O)N[C@@H](Cc2ccc(O)cc2)C(=O)N1C. The van der Waals surface area contributed by atoms with Gasteiger partial charge in [-0.3, -0.25) is 86.3 Å². The molecule has 14 atom stereocenters. The Labute approximate surface area is 722 Å². The number of primary amides is 2. The van der Waals surface area contributed by atoms with Gasteiger partial charge in [0.25, 0.3) is 0 Å². The number of aromatic nitrogens is 2. The van der Waals surface area contributed by atoms with Gasteiger partial charge in [-0.05, 0) is 99.7 Å². The fraction of sp³-hybridized carbons (Fsp3) is 0.512. The standard InChI is InChI=1S/C82H111N19O23S/c1-7-8-19-62-75(117)93-58(35-65(83)106)82(124)101-30-14-21-64(101)77(119)95-60(40-104)73(115)90-54(28-31-102)81(123)100-29-13-20-63(100)76(118)91-55(33-46-36-85-51-17-11-9-15-49(46)51)72(114)94-59(39-103)74(116)92-57(34-47-37-86-52-18-12-10-16-50(47)52)79(121)98(5)44(3)78(120)97(4)43(2)69(111)89-53(26-27-68(109)110)71(113)96-61(70(112)87-38-66(84)107)41-125-42-67(108)88-56(80(122)99(62)6)32-45-22-24-48(105)25-23-45/h9-12,15-18,22-25,36-37,43-44,53-64,85-86,102-105H,7-8,13-14,19-21,26-35,38-42H2,1-6H3,(H2,83,106)(H2,84,107)(H,87,112)(H,88,108)(H,89,111)(H,90,115)(H,91,118)(H,92,116)(H,93,117)(H,94,114)(H,95,119)(H,96,113)(H,109,110)/t43-,44-,53-,54-,55-,56-,57-,58-,59-,60-,61?,62-,63-,64-/m0/s1. The van der Waals surface area contributed by atoms with Gasteiger partial charge in [0.15, 0.2) is 0 Å². The second-order valence-corrected chi connectivity index (χ2v) is 32.1. The Kier molecular flexibility index (Phi) is 36.0. The number of rotatable bonds is 21. The van der Waals surface area contributed by atoms with Gasteiger partial charge in [0, 0.05) is 106 Å². The van der Waals surface area contributed by atoms with Crippen molar-refractivity contribution in [3.8, 4) is 5.75 Å². The van der Waals surface area contributed by atoms with Crippen molar-refractivity contribution in [1.29, 1.82) is 0 Å². The summed E-state index contributed by atoms with van der Waals surface area (Å²) in [4.78, 5) is 267. The number of likely N-dealkylation sites (N-methyl/N-ethyl adjacent to an activating group) is 3. The number of carbonyl (C=O) groups is 18. The molecule has 3 fully saturated rings. The number of carboxylic acid groups (broad SMARTS) is 1. The number of thioether (sulfide) groups is 1. The Morgan fingerprint density at radius 1 is 0.496 bits per heavy atom. The first-order valence-electron chi connectivity index (χ1n) is 41.0. The number of amides is 17. The minimum absolute atomic E-state index is 0.0187. The number of benzene rings is 3. The minimum atomic E-state index is -1.89. The van der Waals surface area contributed by atoms with Gasteiger partial charge < -0.3 is 125 Å². The number of aliphatic hydroxyl groups is 3. The smallest absolute Gasteiger partial charge is 0.303 e. The molecule has 2 aromatic heterocycles. The van der Waals surface area contributed by atoms with E-state index in [0.29, 0.717) is 56.7 Å². The van der Waals surface area contributed by atoms with Crippen LogP contribution in [0, 0.1) is 0 Å². The number of nitrogens with one attached hydrogen (secondary N) is 12. The molecule has 17 amide bonds. The first kappa shape index (κ1) is 97.7. The van der Waals surface area contributed by atoms with E-state index >= 15 is 9.59 Å². The molecule has 1 unspecified atom stereocenters. The molecule has 21 N–H and O–H groups in total. The monoisotopic (exact) mass is 1760 g/mol. The number of aliphatic hydroxyl groups excluding tert-OH is 3. The molecular formula is C82H111N19O23S. The van der Waals surface area contributed by atoms with E-state index in [2.05, 4.69) is 63.1 Å². The molecule has 0 bridgehead atoms. The molecule has 0 radical (unpaired) electrons. The zero-order valence-electron chi connectivity index (χ0n) is 70.1. The molecule has 5 aromatic rings. The van der Waals surface area contributed by atoms with E-state index in [0.717, 1.165) is 24.5 Å². The number of carboxylic acids is 1. The molecule has 0 aliphatic carbocycles. The van der Waals surface area contributed by atoms with Crippen molar-refractivity contribution in [2.75, 3.05) is 72.1 Å². The highest BCUT2D eigenvalue weighted by atomic mass is 32.2. The lowest BCUT2D eigenvalue weighted by Gasteiger charge is -2.34. The first-order valence-corrected chi connectivity index (χ1v) is 42.1. The number of fused-ring (bicyclic) bond motifs is 4. The summed E-state index contributed by atoms with van der Waals surface area (Å²) in [5.74, 6) is -20.0. The Morgan fingerprint density at radius 3 is 1.52 bits per heavy atom. The molecule has 0 saturated carbocycles. The van der Waals surface area contributed by atoms with Crippen LogP contribution in [0.3, 0.4) is 0 Å². The Morgan fingerprint density at radius 2 is 0.976 bits per heavy atom. The van der Waals surface area contributed by atoms with Crippen LogP contribution in [0.1, 0.15) is 108 Å². The largest absolute Gasteiger partial charge is 0.508 e. The number of carbonyl (C=O) groups excluding carboxylic acids is 17. The van der Waals surface area contributed by atoms with Gasteiger partial charge >= 0.3 is 5.97 Å². The van der Waals surface area contributed by atoms with Crippen molar-refractivity contribution in [3.05, 3.63) is 102 Å². The van der Waals surface area contributed by atoms with Crippen LogP contribution in [0.15, 0.2) is 85.2 Å². The molecule has 3 aromatic carbocycles. The summed E-state index contributed by atoms with van der Waals surface area (Å²) in [7, 11) is 3.64. The third-order valence-corrected chi connectivity index (χ3v) is 23.3. The lowest BCUT2D eigenvalue weighted by molar-refractivity contribution is -0.148. The predicted molar refractivity (Wildman–Crippen MR) is 449 cm³/mol. The van der Waals surface area contributed by atoms with E-state index in [1.54, 1.807) is 67.8 Å². The Hall–Kier alpha value is -12.8. The zero-order chi connectivity index (χ0) is 91.6. The number of nitrogens with zero attached hydrogens (tertiary/aromatic N) is 5. The summed E-state index contributed by atoms with van der Waals surface area (Å²) in [5.41, 5.74) is 13.6. The van der Waals surface area contributed by atoms with Gasteiger partial charge in [-0.15, -0.1) is 11.8 Å². The molecule has 3 saturated heterocycles. The molecule has 0 spiro atoms. The third kappa shape index (κ3) is 26.4. The van der Waals surface area contributed by atoms with Crippen LogP contribution < -0.4 is 64.6 Å². The fourth-order valence-electron chi connectivity index (χ4n) is 15.0. The van der Waals surface area contributed by atoms with Crippen molar-refractivity contribution >= 4 is 140 Å². The molecule has 42 nitrogen and oxygen atoms in total. The van der Waals surface area contributed by atoms with Gasteiger partial charge in [-0.25, -0.2) is 0 Å². The average molecular weight is 1760 g/mol. The molecule has 5 heterocycles. The average Bonchev–Trinajstić information content (AvgIpc) is 1.73. The maximum Gasteiger partial charge on any atom is 0.303 e. The fourth-order valence-corrected chi connectivity index (χ4v) is 15.8. The number of aromatic amines is 2. The number of aliphatic carboxylic acids is 1. The van der Waals surface area contributed by atoms with Crippen molar-refractivity contribution in [2.24, 2.45) is 11.5 Å². The maximum atomic E-state index is 15.1.